The van der Waals surface area contributed by atoms with Gasteiger partial charge in [-0.2, -0.15) is 0 Å². The van der Waals surface area contributed by atoms with Gasteiger partial charge in [-0.3, -0.25) is 0 Å². The van der Waals surface area contributed by atoms with E-state index >= 15 is 0 Å². The van der Waals surface area contributed by atoms with Crippen molar-refractivity contribution in [3.05, 3.63) is 158 Å². The van der Waals surface area contributed by atoms with E-state index in [0.717, 1.165) is 22.5 Å². The monoisotopic (exact) mass is 653 g/mol. The minimum absolute atomic E-state index is 0. The number of nitrogens with zero attached hydrogens (tertiary/aromatic N) is 2. The molecule has 0 atom stereocenters. The van der Waals surface area contributed by atoms with Gasteiger partial charge in [0.25, 0.3) is 0 Å². The van der Waals surface area contributed by atoms with Crippen LogP contribution in [0.25, 0.3) is 44.8 Å². The summed E-state index contributed by atoms with van der Waals surface area (Å²) in [5, 5.41) is 0. The van der Waals surface area contributed by atoms with Crippen LogP contribution in [0.1, 0.15) is 0 Å². The van der Waals surface area contributed by atoms with Gasteiger partial charge in [0.15, 0.2) is 0 Å². The molecule has 0 spiro atoms. The van der Waals surface area contributed by atoms with Gasteiger partial charge < -0.3 is 9.97 Å². The molecule has 0 saturated carbocycles. The third-order valence-electron chi connectivity index (χ3n) is 5.70. The molecule has 6 rings (SSSR count). The SMILES string of the molecule is [Ir].[c-]1ccc(-c2ccccc2)cc1-c1ccccn1.[c-]1ccccc1-c1cc(-c2ccccc2)ccn1. The van der Waals surface area contributed by atoms with E-state index in [4.69, 9.17) is 0 Å². The summed E-state index contributed by atoms with van der Waals surface area (Å²) in [6.45, 7) is 0. The topological polar surface area (TPSA) is 25.8 Å². The van der Waals surface area contributed by atoms with Crippen LogP contribution in [0.5, 0.6) is 0 Å². The number of pyridine rings is 2. The number of hydrogen-bond acceptors (Lipinski definition) is 2. The van der Waals surface area contributed by atoms with E-state index in [9.17, 15) is 0 Å². The molecule has 181 valence electrons. The normalized spacial score (nSPS) is 9.95. The quantitative estimate of drug-likeness (QED) is 0.179. The van der Waals surface area contributed by atoms with Crippen LogP contribution in [-0.2, 0) is 20.1 Å². The van der Waals surface area contributed by atoms with Crippen LogP contribution < -0.4 is 0 Å². The molecule has 0 N–H and O–H groups in total. The minimum atomic E-state index is 0. The van der Waals surface area contributed by atoms with Gasteiger partial charge in [-0.25, -0.2) is 0 Å². The third kappa shape index (κ3) is 6.95. The summed E-state index contributed by atoms with van der Waals surface area (Å²) in [6.07, 6.45) is 3.65. The molecule has 0 saturated heterocycles. The summed E-state index contributed by atoms with van der Waals surface area (Å²) in [4.78, 5) is 8.76. The van der Waals surface area contributed by atoms with Crippen molar-refractivity contribution in [1.29, 1.82) is 0 Å². The average Bonchev–Trinajstić information content (AvgIpc) is 2.99. The molecule has 3 heteroatoms. The van der Waals surface area contributed by atoms with E-state index < -0.39 is 0 Å². The molecule has 0 unspecified atom stereocenters. The Bertz CT molecular complexity index is 1280. The van der Waals surface area contributed by atoms with E-state index in [0.29, 0.717) is 0 Å². The molecule has 1 radical (unpaired) electrons. The Morgan fingerprint density at radius 1 is 0.405 bits per heavy atom. The average molecular weight is 653 g/mol. The molecule has 0 fully saturated rings. The first-order chi connectivity index (χ1) is 17.9. The van der Waals surface area contributed by atoms with E-state index in [-0.39, 0.29) is 20.1 Å². The number of aromatic nitrogens is 2. The molecule has 0 bridgehead atoms. The van der Waals surface area contributed by atoms with Crippen molar-refractivity contribution in [1.82, 2.24) is 9.97 Å². The zero-order chi connectivity index (χ0) is 24.4. The van der Waals surface area contributed by atoms with Crippen molar-refractivity contribution in [2.75, 3.05) is 0 Å². The first-order valence-corrected chi connectivity index (χ1v) is 11.8. The second kappa shape index (κ2) is 13.2. The molecule has 4 aromatic carbocycles. The predicted octanol–water partition coefficient (Wildman–Crippen LogP) is 8.43. The fourth-order valence-corrected chi connectivity index (χ4v) is 3.89. The molecule has 37 heavy (non-hydrogen) atoms. The fraction of sp³-hybridized carbons (Fsp3) is 0. The van der Waals surface area contributed by atoms with Gasteiger partial charge in [0, 0.05) is 32.5 Å². The van der Waals surface area contributed by atoms with Crippen LogP contribution in [0.15, 0.2) is 146 Å². The van der Waals surface area contributed by atoms with Crippen LogP contribution >= 0.6 is 0 Å². The first-order valence-electron chi connectivity index (χ1n) is 11.8. The van der Waals surface area contributed by atoms with Crippen molar-refractivity contribution in [2.45, 2.75) is 0 Å². The first kappa shape index (κ1) is 25.9. The zero-order valence-corrected chi connectivity index (χ0v) is 22.5. The number of hydrogen-bond donors (Lipinski definition) is 0. The maximum Gasteiger partial charge on any atom is 0.0166 e. The molecule has 0 amide bonds. The van der Waals surface area contributed by atoms with Crippen molar-refractivity contribution in [3.8, 4) is 44.8 Å². The van der Waals surface area contributed by atoms with Gasteiger partial charge in [-0.1, -0.05) is 78.9 Å². The Labute approximate surface area is 232 Å². The summed E-state index contributed by atoms with van der Waals surface area (Å²) >= 11 is 0. The molecule has 6 aromatic rings. The molecule has 0 aliphatic heterocycles. The Morgan fingerprint density at radius 3 is 1.68 bits per heavy atom. The molecular formula is C34H24IrN2-2. The van der Waals surface area contributed by atoms with E-state index in [1.807, 2.05) is 97.2 Å². The number of benzene rings is 4. The van der Waals surface area contributed by atoms with Gasteiger partial charge in [-0.15, -0.1) is 71.3 Å². The summed E-state index contributed by atoms with van der Waals surface area (Å²) in [5.74, 6) is 0. The third-order valence-corrected chi connectivity index (χ3v) is 5.70. The van der Waals surface area contributed by atoms with Crippen LogP contribution in [-0.4, -0.2) is 9.97 Å². The van der Waals surface area contributed by atoms with Gasteiger partial charge >= 0.3 is 0 Å². The summed E-state index contributed by atoms with van der Waals surface area (Å²) in [6, 6.07) is 51.2. The number of rotatable bonds is 4. The van der Waals surface area contributed by atoms with Crippen molar-refractivity contribution >= 4 is 0 Å². The fourth-order valence-electron chi connectivity index (χ4n) is 3.89. The minimum Gasteiger partial charge on any atom is -0.305 e. The van der Waals surface area contributed by atoms with Gasteiger partial charge in [0.1, 0.15) is 0 Å². The van der Waals surface area contributed by atoms with Crippen LogP contribution in [0.4, 0.5) is 0 Å². The second-order valence-electron chi connectivity index (χ2n) is 8.14. The van der Waals surface area contributed by atoms with E-state index in [1.54, 1.807) is 6.20 Å². The Morgan fingerprint density at radius 2 is 1.03 bits per heavy atom. The van der Waals surface area contributed by atoms with Gasteiger partial charge in [-0.05, 0) is 40.2 Å². The van der Waals surface area contributed by atoms with Crippen molar-refractivity contribution < 1.29 is 20.1 Å². The second-order valence-corrected chi connectivity index (χ2v) is 8.14. The summed E-state index contributed by atoms with van der Waals surface area (Å²) < 4.78 is 0. The van der Waals surface area contributed by atoms with Crippen LogP contribution in [0.2, 0.25) is 0 Å². The van der Waals surface area contributed by atoms with E-state index in [1.165, 1.54) is 22.3 Å². The molecule has 0 aliphatic carbocycles. The largest absolute Gasteiger partial charge is 0.305 e. The summed E-state index contributed by atoms with van der Waals surface area (Å²) in [5.41, 5.74) is 8.74. The Balaban J connectivity index is 0.000000168. The predicted molar refractivity (Wildman–Crippen MR) is 148 cm³/mol. The standard InChI is InChI=1S/2C17H12N.Ir/c1-3-7-14(8-4-1)16-11-12-18-17(13-16)15-9-5-2-6-10-15;1-2-7-14(8-3-1)15-9-6-10-16(13-15)17-11-4-5-12-18-17;/h2*1-9,11-13H;/q2*-1;. The summed E-state index contributed by atoms with van der Waals surface area (Å²) in [7, 11) is 0. The maximum absolute atomic E-state index is 4.40. The molecule has 2 nitrogen and oxygen atoms in total. The van der Waals surface area contributed by atoms with Gasteiger partial charge in [0.05, 0.1) is 0 Å². The molecule has 0 aliphatic rings. The van der Waals surface area contributed by atoms with Crippen LogP contribution in [0.3, 0.4) is 0 Å². The maximum atomic E-state index is 4.40. The smallest absolute Gasteiger partial charge is 0.0166 e. The molecule has 2 heterocycles. The molecular weight excluding hydrogens is 629 g/mol. The molecule has 2 aromatic heterocycles. The van der Waals surface area contributed by atoms with Crippen molar-refractivity contribution in [2.24, 2.45) is 0 Å². The zero-order valence-electron chi connectivity index (χ0n) is 20.1. The Kier molecular flexibility index (Phi) is 9.26. The van der Waals surface area contributed by atoms with E-state index in [2.05, 4.69) is 64.6 Å². The van der Waals surface area contributed by atoms with Crippen molar-refractivity contribution in [3.63, 3.8) is 0 Å². The van der Waals surface area contributed by atoms with Gasteiger partial charge in [0.2, 0.25) is 0 Å². The Hall–Kier alpha value is -4.17. The van der Waals surface area contributed by atoms with Crippen LogP contribution in [0, 0.1) is 12.1 Å².